The van der Waals surface area contributed by atoms with E-state index in [-0.39, 0.29) is 17.3 Å². The van der Waals surface area contributed by atoms with Gasteiger partial charge in [0.1, 0.15) is 0 Å². The topological polar surface area (TPSA) is 26.3 Å². The largest absolute Gasteiger partial charge is 0.377 e. The molecule has 0 saturated heterocycles. The zero-order valence-corrected chi connectivity index (χ0v) is 9.17. The molecule has 0 radical (unpaired) electrons. The van der Waals surface area contributed by atoms with Gasteiger partial charge in [-0.2, -0.15) is 0 Å². The van der Waals surface area contributed by atoms with Crippen LogP contribution in [0.4, 0.5) is 0 Å². The lowest BCUT2D eigenvalue weighted by Crippen LogP contribution is -2.26. The van der Waals surface area contributed by atoms with E-state index < -0.39 is 0 Å². The van der Waals surface area contributed by atoms with Crippen molar-refractivity contribution in [2.45, 2.75) is 26.4 Å². The molecule has 0 N–H and O–H groups in total. The molecule has 0 aliphatic heterocycles. The summed E-state index contributed by atoms with van der Waals surface area (Å²) >= 11 is 5.47. The number of hydrogen-bond acceptors (Lipinski definition) is 2. The Morgan fingerprint density at radius 2 is 2.15 bits per heavy atom. The lowest BCUT2D eigenvalue weighted by molar-refractivity contribution is -0.118. The van der Waals surface area contributed by atoms with Crippen LogP contribution in [0.2, 0.25) is 0 Å². The number of carbonyl (C=O) groups is 1. The Morgan fingerprint density at radius 3 is 2.38 bits per heavy atom. The van der Waals surface area contributed by atoms with Crippen molar-refractivity contribution in [3.63, 3.8) is 0 Å². The van der Waals surface area contributed by atoms with Gasteiger partial charge in [0, 0.05) is 7.11 Å². The Hall–Kier alpha value is -0.340. The van der Waals surface area contributed by atoms with Crippen molar-refractivity contribution in [1.82, 2.24) is 0 Å². The number of hydrogen-bond donors (Lipinski definition) is 0. The van der Waals surface area contributed by atoms with Crippen LogP contribution in [0, 0.1) is 11.8 Å². The van der Waals surface area contributed by atoms with E-state index in [1.807, 2.05) is 13.8 Å². The van der Waals surface area contributed by atoms with Crippen molar-refractivity contribution in [3.05, 3.63) is 12.7 Å². The highest BCUT2D eigenvalue weighted by molar-refractivity contribution is 6.64. The lowest BCUT2D eigenvalue weighted by Gasteiger charge is -2.21. The molecule has 0 unspecified atom stereocenters. The highest BCUT2D eigenvalue weighted by Gasteiger charge is 2.25. The van der Waals surface area contributed by atoms with Gasteiger partial charge in [-0.05, 0) is 23.9 Å². The van der Waals surface area contributed by atoms with Crippen LogP contribution in [0.25, 0.3) is 0 Å². The molecular weight excluding hydrogens is 188 g/mol. The van der Waals surface area contributed by atoms with Crippen LogP contribution in [0.5, 0.6) is 0 Å². The Balaban J connectivity index is 4.38. The van der Waals surface area contributed by atoms with Crippen LogP contribution in [-0.4, -0.2) is 18.5 Å². The Bertz CT molecular complexity index is 178. The zero-order chi connectivity index (χ0) is 10.4. The van der Waals surface area contributed by atoms with Crippen LogP contribution in [0.15, 0.2) is 12.7 Å². The van der Waals surface area contributed by atoms with Crippen LogP contribution < -0.4 is 0 Å². The normalized spacial score (nSPS) is 15.5. The van der Waals surface area contributed by atoms with Crippen molar-refractivity contribution in [2.75, 3.05) is 7.11 Å². The highest BCUT2D eigenvalue weighted by atomic mass is 35.5. The molecule has 0 fully saturated rings. The molecule has 2 nitrogen and oxygen atoms in total. The summed E-state index contributed by atoms with van der Waals surface area (Å²) in [6.07, 6.45) is 2.08. The van der Waals surface area contributed by atoms with Crippen molar-refractivity contribution < 1.29 is 9.53 Å². The second-order valence-electron chi connectivity index (χ2n) is 3.48. The van der Waals surface area contributed by atoms with Gasteiger partial charge < -0.3 is 4.74 Å². The van der Waals surface area contributed by atoms with E-state index in [0.29, 0.717) is 5.92 Å². The first-order chi connectivity index (χ1) is 6.02. The molecule has 2 atom stereocenters. The van der Waals surface area contributed by atoms with Gasteiger partial charge in [-0.15, -0.1) is 6.58 Å². The van der Waals surface area contributed by atoms with E-state index in [0.717, 1.165) is 6.42 Å². The molecule has 0 aliphatic carbocycles. The maximum absolute atomic E-state index is 11.1. The lowest BCUT2D eigenvalue weighted by atomic mass is 9.93. The minimum atomic E-state index is -0.347. The predicted molar refractivity (Wildman–Crippen MR) is 54.8 cm³/mol. The summed E-state index contributed by atoms with van der Waals surface area (Å²) in [7, 11) is 1.56. The smallest absolute Gasteiger partial charge is 0.227 e. The molecule has 0 bridgehead atoms. The predicted octanol–water partition coefficient (Wildman–Crippen LogP) is 2.62. The highest BCUT2D eigenvalue weighted by Crippen LogP contribution is 2.21. The summed E-state index contributed by atoms with van der Waals surface area (Å²) < 4.78 is 5.10. The molecule has 0 aromatic carbocycles. The molecule has 3 heteroatoms. The molecule has 76 valence electrons. The summed E-state index contributed by atoms with van der Waals surface area (Å²) in [4.78, 5) is 11.1. The van der Waals surface area contributed by atoms with Crippen molar-refractivity contribution in [1.29, 1.82) is 0 Å². The Kier molecular flexibility index (Phi) is 6.00. The van der Waals surface area contributed by atoms with Crippen LogP contribution in [0.1, 0.15) is 20.3 Å². The van der Waals surface area contributed by atoms with E-state index in [4.69, 9.17) is 16.3 Å². The fourth-order valence-corrected chi connectivity index (χ4v) is 1.50. The third kappa shape index (κ3) is 4.44. The van der Waals surface area contributed by atoms with Crippen LogP contribution in [-0.2, 0) is 9.53 Å². The van der Waals surface area contributed by atoms with Gasteiger partial charge in [0.05, 0.1) is 12.0 Å². The van der Waals surface area contributed by atoms with Crippen LogP contribution in [0.3, 0.4) is 0 Å². The van der Waals surface area contributed by atoms with Gasteiger partial charge in [-0.1, -0.05) is 19.9 Å². The summed E-state index contributed by atoms with van der Waals surface area (Å²) in [6.45, 7) is 7.70. The average Bonchev–Trinajstić information content (AvgIpc) is 2.04. The standard InChI is InChI=1S/C10H17ClO2/c1-5-9(13-4)8(10(11)12)6-7(2)3/h5,7-9H,1,6H2,2-4H3/t8-,9+/m0/s1. The van der Waals surface area contributed by atoms with Gasteiger partial charge in [0.25, 0.3) is 0 Å². The number of ether oxygens (including phenoxy) is 1. The Labute approximate surface area is 84.9 Å². The van der Waals surface area contributed by atoms with Gasteiger partial charge in [0.2, 0.25) is 5.24 Å². The van der Waals surface area contributed by atoms with E-state index in [1.54, 1.807) is 13.2 Å². The average molecular weight is 205 g/mol. The third-order valence-corrected chi connectivity index (χ3v) is 2.20. The third-order valence-electron chi connectivity index (χ3n) is 1.92. The molecule has 0 amide bonds. The second-order valence-corrected chi connectivity index (χ2v) is 3.85. The van der Waals surface area contributed by atoms with Gasteiger partial charge >= 0.3 is 0 Å². The first-order valence-corrected chi connectivity index (χ1v) is 4.75. The molecule has 0 spiro atoms. The van der Waals surface area contributed by atoms with Crippen molar-refractivity contribution in [2.24, 2.45) is 11.8 Å². The molecule has 0 aliphatic rings. The summed E-state index contributed by atoms with van der Waals surface area (Å²) in [6, 6.07) is 0. The SMILES string of the molecule is C=C[C@@H](OC)[C@H](CC(C)C)C(=O)Cl. The number of halogens is 1. The first-order valence-electron chi connectivity index (χ1n) is 4.37. The molecule has 0 rings (SSSR count). The van der Waals surface area contributed by atoms with E-state index in [9.17, 15) is 4.79 Å². The van der Waals surface area contributed by atoms with Crippen molar-refractivity contribution >= 4 is 16.8 Å². The van der Waals surface area contributed by atoms with Crippen LogP contribution >= 0.6 is 11.6 Å². The molecule has 13 heavy (non-hydrogen) atoms. The Morgan fingerprint density at radius 1 is 1.62 bits per heavy atom. The first kappa shape index (κ1) is 12.7. The van der Waals surface area contributed by atoms with Gasteiger partial charge in [-0.25, -0.2) is 0 Å². The fourth-order valence-electron chi connectivity index (χ4n) is 1.29. The molecule has 0 saturated carbocycles. The van der Waals surface area contributed by atoms with E-state index in [1.165, 1.54) is 0 Å². The second kappa shape index (κ2) is 6.17. The van der Waals surface area contributed by atoms with E-state index in [2.05, 4.69) is 6.58 Å². The van der Waals surface area contributed by atoms with Gasteiger partial charge in [0.15, 0.2) is 0 Å². The van der Waals surface area contributed by atoms with E-state index >= 15 is 0 Å². The summed E-state index contributed by atoms with van der Waals surface area (Å²) in [5.41, 5.74) is 0. The minimum absolute atomic E-state index is 0.271. The fraction of sp³-hybridized carbons (Fsp3) is 0.700. The maximum Gasteiger partial charge on any atom is 0.227 e. The number of rotatable bonds is 6. The van der Waals surface area contributed by atoms with Gasteiger partial charge in [-0.3, -0.25) is 4.79 Å². The summed E-state index contributed by atoms with van der Waals surface area (Å²) in [5.74, 6) is 0.148. The molecule has 0 aromatic rings. The minimum Gasteiger partial charge on any atom is -0.377 e. The molecule has 0 heterocycles. The quantitative estimate of drug-likeness (QED) is 0.491. The molecular formula is C10H17ClO2. The zero-order valence-electron chi connectivity index (χ0n) is 8.42. The monoisotopic (exact) mass is 204 g/mol. The number of carbonyl (C=O) groups excluding carboxylic acids is 1. The summed E-state index contributed by atoms with van der Waals surface area (Å²) in [5, 5.41) is -0.347. The maximum atomic E-state index is 11.1. The number of methoxy groups -OCH3 is 1. The van der Waals surface area contributed by atoms with Crippen molar-refractivity contribution in [3.8, 4) is 0 Å². The molecule has 0 aromatic heterocycles.